The van der Waals surface area contributed by atoms with E-state index >= 15 is 0 Å². The number of aromatic amines is 1. The minimum absolute atomic E-state index is 0.0618. The molecule has 2 aromatic carbocycles. The van der Waals surface area contributed by atoms with Crippen LogP contribution in [0.1, 0.15) is 27.0 Å². The Morgan fingerprint density at radius 3 is 2.42 bits per heavy atom. The van der Waals surface area contributed by atoms with Gasteiger partial charge in [0.25, 0.3) is 11.5 Å². The Kier molecular flexibility index (Phi) is 7.07. The van der Waals surface area contributed by atoms with Gasteiger partial charge in [-0.15, -0.1) is 0 Å². The number of rotatable bonds is 6. The molecule has 0 aliphatic carbocycles. The van der Waals surface area contributed by atoms with Crippen molar-refractivity contribution in [3.8, 4) is 11.3 Å². The van der Waals surface area contributed by atoms with Gasteiger partial charge in [-0.05, 0) is 41.0 Å². The van der Waals surface area contributed by atoms with Gasteiger partial charge in [-0.25, -0.2) is 10.1 Å². The summed E-state index contributed by atoms with van der Waals surface area (Å²) >= 11 is 0. The van der Waals surface area contributed by atoms with E-state index in [0.717, 1.165) is 11.1 Å². The fraction of sp³-hybridized carbons (Fsp3) is 0.233. The van der Waals surface area contributed by atoms with Crippen molar-refractivity contribution in [1.82, 2.24) is 25.0 Å². The van der Waals surface area contributed by atoms with E-state index in [4.69, 9.17) is 4.74 Å². The highest BCUT2D eigenvalue weighted by molar-refractivity contribution is 5.94. The molecule has 10 heteroatoms. The maximum Gasteiger partial charge on any atom is 0.287 e. The van der Waals surface area contributed by atoms with Crippen LogP contribution in [0.2, 0.25) is 0 Å². The van der Waals surface area contributed by atoms with Crippen molar-refractivity contribution in [3.05, 3.63) is 106 Å². The number of fused-ring (bicyclic) bond motifs is 1. The number of carbonyl (C=O) groups excluding carboxylic acids is 2. The third-order valence-electron chi connectivity index (χ3n) is 7.15. The van der Waals surface area contributed by atoms with Crippen molar-refractivity contribution in [2.45, 2.75) is 19.5 Å². The van der Waals surface area contributed by atoms with E-state index in [2.05, 4.69) is 32.6 Å². The first-order chi connectivity index (χ1) is 19.5. The van der Waals surface area contributed by atoms with Crippen molar-refractivity contribution in [2.75, 3.05) is 31.6 Å². The predicted octanol–water partition coefficient (Wildman–Crippen LogP) is 3.13. The van der Waals surface area contributed by atoms with Crippen LogP contribution in [-0.2, 0) is 29.0 Å². The van der Waals surface area contributed by atoms with E-state index in [-0.39, 0.29) is 23.9 Å². The maximum atomic E-state index is 13.0. The van der Waals surface area contributed by atoms with Gasteiger partial charge in [0.15, 0.2) is 0 Å². The lowest BCUT2D eigenvalue weighted by Crippen LogP contribution is -2.40. The zero-order valence-electron chi connectivity index (χ0n) is 21.8. The number of hydrogen-bond donors (Lipinski definition) is 2. The highest BCUT2D eigenvalue weighted by Gasteiger charge is 2.23. The monoisotopic (exact) mass is 536 g/mol. The lowest BCUT2D eigenvalue weighted by atomic mass is 10.0. The molecule has 6 rings (SSSR count). The molecule has 2 aliphatic rings. The Morgan fingerprint density at radius 1 is 0.925 bits per heavy atom. The first-order valence-electron chi connectivity index (χ1n) is 13.2. The molecule has 0 saturated carbocycles. The van der Waals surface area contributed by atoms with Gasteiger partial charge < -0.3 is 19.9 Å². The normalized spacial score (nSPS) is 14.6. The first kappa shape index (κ1) is 25.4. The van der Waals surface area contributed by atoms with Gasteiger partial charge in [-0.2, -0.15) is 5.10 Å². The number of hydrogen-bond acceptors (Lipinski definition) is 7. The molecule has 202 valence electrons. The van der Waals surface area contributed by atoms with E-state index in [0.29, 0.717) is 56.5 Å². The van der Waals surface area contributed by atoms with E-state index in [1.54, 1.807) is 23.1 Å². The van der Waals surface area contributed by atoms with Gasteiger partial charge in [0.05, 0.1) is 30.9 Å². The van der Waals surface area contributed by atoms with Crippen molar-refractivity contribution in [3.63, 3.8) is 0 Å². The average Bonchev–Trinajstić information content (AvgIpc) is 3.44. The van der Waals surface area contributed by atoms with Gasteiger partial charge in [-0.1, -0.05) is 42.5 Å². The summed E-state index contributed by atoms with van der Waals surface area (Å²) in [5, 5.41) is 9.76. The second-order valence-corrected chi connectivity index (χ2v) is 9.85. The third-order valence-corrected chi connectivity index (χ3v) is 7.15. The number of pyridine rings is 1. The number of nitrogens with zero attached hydrogens (tertiary/aromatic N) is 4. The molecule has 4 aromatic rings. The molecular formula is C30H28N6O4. The van der Waals surface area contributed by atoms with Crippen molar-refractivity contribution in [1.29, 1.82) is 0 Å². The van der Waals surface area contributed by atoms with Crippen LogP contribution in [0.5, 0.6) is 0 Å². The topological polar surface area (TPSA) is 121 Å². The zero-order valence-corrected chi connectivity index (χ0v) is 21.8. The van der Waals surface area contributed by atoms with Crippen molar-refractivity contribution in [2.24, 2.45) is 0 Å². The van der Waals surface area contributed by atoms with Crippen LogP contribution >= 0.6 is 0 Å². The lowest BCUT2D eigenvalue weighted by molar-refractivity contribution is -0.131. The van der Waals surface area contributed by atoms with Crippen molar-refractivity contribution < 1.29 is 14.3 Å². The summed E-state index contributed by atoms with van der Waals surface area (Å²) in [6, 6.07) is 20.7. The maximum absolute atomic E-state index is 13.0. The number of benzene rings is 2. The summed E-state index contributed by atoms with van der Waals surface area (Å²) in [5.41, 5.74) is 4.90. The lowest BCUT2D eigenvalue weighted by Gasteiger charge is -2.26. The smallest absolute Gasteiger partial charge is 0.287 e. The summed E-state index contributed by atoms with van der Waals surface area (Å²) in [7, 11) is 0. The average molecular weight is 537 g/mol. The Hall–Kier alpha value is -4.83. The van der Waals surface area contributed by atoms with Gasteiger partial charge in [0.2, 0.25) is 5.91 Å². The number of ether oxygens (including phenoxy) is 1. The summed E-state index contributed by atoms with van der Waals surface area (Å²) in [6.45, 7) is 3.41. The molecule has 0 spiro atoms. The Labute approximate surface area is 230 Å². The third kappa shape index (κ3) is 5.48. The Balaban J connectivity index is 1.14. The van der Waals surface area contributed by atoms with Crippen LogP contribution < -0.4 is 10.9 Å². The number of carbonyl (C=O) groups is 2. The van der Waals surface area contributed by atoms with E-state index in [1.807, 2.05) is 41.3 Å². The molecule has 1 saturated heterocycles. The number of morpholine rings is 1. The van der Waals surface area contributed by atoms with Gasteiger partial charge >= 0.3 is 0 Å². The summed E-state index contributed by atoms with van der Waals surface area (Å²) in [6.07, 6.45) is 1.77. The second kappa shape index (κ2) is 11.1. The number of amides is 2. The molecule has 2 aromatic heterocycles. The fourth-order valence-electron chi connectivity index (χ4n) is 4.96. The van der Waals surface area contributed by atoms with E-state index in [1.165, 1.54) is 17.3 Å². The van der Waals surface area contributed by atoms with E-state index in [9.17, 15) is 14.4 Å². The van der Waals surface area contributed by atoms with E-state index < -0.39 is 5.56 Å². The second-order valence-electron chi connectivity index (χ2n) is 9.85. The number of anilines is 2. The largest absolute Gasteiger partial charge is 0.378 e. The van der Waals surface area contributed by atoms with Crippen LogP contribution in [-0.4, -0.2) is 63.1 Å². The molecule has 2 aliphatic heterocycles. The fourth-order valence-corrected chi connectivity index (χ4v) is 4.96. The minimum Gasteiger partial charge on any atom is -0.378 e. The molecule has 0 unspecified atom stereocenters. The molecule has 1 fully saturated rings. The summed E-state index contributed by atoms with van der Waals surface area (Å²) in [5.74, 6) is 0.387. The van der Waals surface area contributed by atoms with Crippen LogP contribution in [0.3, 0.4) is 0 Å². The molecule has 0 radical (unpaired) electrons. The molecule has 0 atom stereocenters. The number of aromatic nitrogens is 3. The van der Waals surface area contributed by atoms with Crippen LogP contribution in [0.15, 0.2) is 77.7 Å². The molecule has 40 heavy (non-hydrogen) atoms. The molecule has 0 bridgehead atoms. The molecule has 2 N–H and O–H groups in total. The summed E-state index contributed by atoms with van der Waals surface area (Å²) < 4.78 is 5.31. The predicted molar refractivity (Wildman–Crippen MR) is 149 cm³/mol. The molecular weight excluding hydrogens is 508 g/mol. The van der Waals surface area contributed by atoms with Gasteiger partial charge in [-0.3, -0.25) is 14.4 Å². The number of nitrogens with one attached hydrogen (secondary N) is 2. The molecule has 4 heterocycles. The van der Waals surface area contributed by atoms with Crippen LogP contribution in [0.4, 0.5) is 11.5 Å². The molecule has 2 amide bonds. The Morgan fingerprint density at radius 2 is 1.70 bits per heavy atom. The van der Waals surface area contributed by atoms with Crippen molar-refractivity contribution >= 4 is 23.3 Å². The quantitative estimate of drug-likeness (QED) is 0.388. The van der Waals surface area contributed by atoms with Crippen LogP contribution in [0.25, 0.3) is 11.3 Å². The van der Waals surface area contributed by atoms with Crippen LogP contribution in [0, 0.1) is 0 Å². The standard InChI is InChI=1S/C30H28N6O4/c37-28(36-18-23-5-1-2-6-24(23)19-36)15-20-4-3-7-21(14-20)25-16-26(29(38)34-33-25)32-27-9-8-22(17-31-27)30(39)35-10-12-40-13-11-35/h1-9,14,16-17H,10-13,15,18-19H2,(H,34,38)(H,31,32,33). The summed E-state index contributed by atoms with van der Waals surface area (Å²) in [4.78, 5) is 46.1. The minimum atomic E-state index is -0.404. The highest BCUT2D eigenvalue weighted by Crippen LogP contribution is 2.25. The highest BCUT2D eigenvalue weighted by atomic mass is 16.5. The SMILES string of the molecule is O=C(Cc1cccc(-c2cc(Nc3ccc(C(=O)N4CCOCC4)cn3)c(=O)[nH]n2)c1)N1Cc2ccccc2C1. The Bertz CT molecular complexity index is 1590. The van der Waals surface area contributed by atoms with Gasteiger partial charge in [0, 0.05) is 37.9 Å². The zero-order chi connectivity index (χ0) is 27.5. The number of H-pyrrole nitrogens is 1. The first-order valence-corrected chi connectivity index (χ1v) is 13.2. The van der Waals surface area contributed by atoms with Gasteiger partial charge in [0.1, 0.15) is 11.5 Å². The molecule has 10 nitrogen and oxygen atoms in total.